The highest BCUT2D eigenvalue weighted by Crippen LogP contribution is 2.25. The number of benzene rings is 2. The van der Waals surface area contributed by atoms with Gasteiger partial charge < -0.3 is 9.64 Å². The molecule has 1 heterocycles. The zero-order chi connectivity index (χ0) is 19.2. The standard InChI is InChI=1S/C22H24N2O2S/c1-4-26-20-10-8-17(9-11-20)14-24(3)21(25)13-19-15-27-22(23-19)18-7-5-6-16(2)12-18/h5-12,15H,4,13-14H2,1-3H3. The van der Waals surface area contributed by atoms with E-state index in [1.54, 1.807) is 16.2 Å². The summed E-state index contributed by atoms with van der Waals surface area (Å²) in [5.41, 5.74) is 4.20. The smallest absolute Gasteiger partial charge is 0.228 e. The lowest BCUT2D eigenvalue weighted by molar-refractivity contribution is -0.129. The Morgan fingerprint density at radius 3 is 2.67 bits per heavy atom. The molecule has 0 saturated heterocycles. The van der Waals surface area contributed by atoms with Crippen molar-refractivity contribution < 1.29 is 9.53 Å². The third-order valence-electron chi connectivity index (χ3n) is 4.23. The van der Waals surface area contributed by atoms with Crippen LogP contribution in [0.3, 0.4) is 0 Å². The summed E-state index contributed by atoms with van der Waals surface area (Å²) in [6, 6.07) is 16.1. The number of likely N-dealkylation sites (N-methyl/N-ethyl adjacent to an activating group) is 1. The van der Waals surface area contributed by atoms with Crippen LogP contribution in [-0.4, -0.2) is 29.4 Å². The molecule has 0 aliphatic rings. The third-order valence-corrected chi connectivity index (χ3v) is 5.17. The lowest BCUT2D eigenvalue weighted by Gasteiger charge is -2.17. The van der Waals surface area contributed by atoms with E-state index in [0.717, 1.165) is 27.6 Å². The first-order valence-electron chi connectivity index (χ1n) is 9.02. The molecule has 3 rings (SSSR count). The molecule has 1 amide bonds. The minimum absolute atomic E-state index is 0.0602. The van der Waals surface area contributed by atoms with Gasteiger partial charge in [-0.25, -0.2) is 4.98 Å². The summed E-state index contributed by atoms with van der Waals surface area (Å²) in [7, 11) is 1.83. The van der Waals surface area contributed by atoms with Gasteiger partial charge in [0.05, 0.1) is 18.7 Å². The first-order valence-corrected chi connectivity index (χ1v) is 9.90. The Labute approximate surface area is 164 Å². The molecule has 2 aromatic carbocycles. The summed E-state index contributed by atoms with van der Waals surface area (Å²) >= 11 is 1.58. The molecule has 5 heteroatoms. The number of rotatable bonds is 7. The van der Waals surface area contributed by atoms with Gasteiger partial charge >= 0.3 is 0 Å². The molecule has 0 aliphatic heterocycles. The minimum Gasteiger partial charge on any atom is -0.494 e. The Bertz CT molecular complexity index is 903. The van der Waals surface area contributed by atoms with Gasteiger partial charge in [0, 0.05) is 24.5 Å². The van der Waals surface area contributed by atoms with Crippen LogP contribution in [0, 0.1) is 6.92 Å². The van der Waals surface area contributed by atoms with E-state index in [0.29, 0.717) is 19.6 Å². The quantitative estimate of drug-likeness (QED) is 0.596. The van der Waals surface area contributed by atoms with Crippen LogP contribution in [-0.2, 0) is 17.8 Å². The van der Waals surface area contributed by atoms with E-state index in [4.69, 9.17) is 4.74 Å². The fourth-order valence-electron chi connectivity index (χ4n) is 2.81. The van der Waals surface area contributed by atoms with Gasteiger partial charge in [-0.1, -0.05) is 35.9 Å². The Morgan fingerprint density at radius 1 is 1.19 bits per heavy atom. The number of hydrogen-bond acceptors (Lipinski definition) is 4. The van der Waals surface area contributed by atoms with Crippen molar-refractivity contribution in [3.05, 3.63) is 70.7 Å². The Hall–Kier alpha value is -2.66. The lowest BCUT2D eigenvalue weighted by atomic mass is 10.1. The van der Waals surface area contributed by atoms with Gasteiger partial charge in [0.25, 0.3) is 0 Å². The predicted molar refractivity (Wildman–Crippen MR) is 110 cm³/mol. The van der Waals surface area contributed by atoms with Crippen molar-refractivity contribution in [1.29, 1.82) is 0 Å². The topological polar surface area (TPSA) is 42.4 Å². The molecule has 3 aromatic rings. The zero-order valence-corrected chi connectivity index (χ0v) is 16.8. The van der Waals surface area contributed by atoms with Crippen LogP contribution in [0.1, 0.15) is 23.7 Å². The van der Waals surface area contributed by atoms with Crippen molar-refractivity contribution in [2.75, 3.05) is 13.7 Å². The van der Waals surface area contributed by atoms with Gasteiger partial charge in [0.15, 0.2) is 0 Å². The van der Waals surface area contributed by atoms with Crippen molar-refractivity contribution in [3.63, 3.8) is 0 Å². The van der Waals surface area contributed by atoms with Gasteiger partial charge in [-0.05, 0) is 37.6 Å². The number of ether oxygens (including phenoxy) is 1. The van der Waals surface area contributed by atoms with Gasteiger partial charge in [0.2, 0.25) is 5.91 Å². The highest BCUT2D eigenvalue weighted by Gasteiger charge is 2.13. The van der Waals surface area contributed by atoms with Crippen LogP contribution in [0.25, 0.3) is 10.6 Å². The van der Waals surface area contributed by atoms with Crippen LogP contribution in [0.4, 0.5) is 0 Å². The molecule has 0 fully saturated rings. The molecule has 0 unspecified atom stereocenters. The molecule has 27 heavy (non-hydrogen) atoms. The second kappa shape index (κ2) is 8.82. The van der Waals surface area contributed by atoms with Crippen LogP contribution in [0.15, 0.2) is 53.9 Å². The van der Waals surface area contributed by atoms with Crippen molar-refractivity contribution >= 4 is 17.2 Å². The number of thiazole rings is 1. The lowest BCUT2D eigenvalue weighted by Crippen LogP contribution is -2.27. The number of nitrogens with zero attached hydrogens (tertiary/aromatic N) is 2. The second-order valence-electron chi connectivity index (χ2n) is 6.52. The van der Waals surface area contributed by atoms with Crippen LogP contribution < -0.4 is 4.74 Å². The molecule has 0 atom stereocenters. The number of hydrogen-bond donors (Lipinski definition) is 0. The van der Waals surface area contributed by atoms with Gasteiger partial charge in [-0.2, -0.15) is 0 Å². The summed E-state index contributed by atoms with van der Waals surface area (Å²) in [5, 5.41) is 2.93. The molecule has 0 N–H and O–H groups in total. The van der Waals surface area contributed by atoms with E-state index in [2.05, 4.69) is 30.1 Å². The fraction of sp³-hybridized carbons (Fsp3) is 0.273. The molecule has 0 spiro atoms. The number of carbonyl (C=O) groups excluding carboxylic acids is 1. The molecule has 0 bridgehead atoms. The SMILES string of the molecule is CCOc1ccc(CN(C)C(=O)Cc2csc(-c3cccc(C)c3)n2)cc1. The number of carbonyl (C=O) groups is 1. The molecule has 0 radical (unpaired) electrons. The zero-order valence-electron chi connectivity index (χ0n) is 15.9. The largest absolute Gasteiger partial charge is 0.494 e. The maximum absolute atomic E-state index is 12.6. The number of amides is 1. The van der Waals surface area contributed by atoms with Gasteiger partial charge in [-0.15, -0.1) is 11.3 Å². The summed E-state index contributed by atoms with van der Waals surface area (Å²) in [4.78, 5) is 18.9. The van der Waals surface area contributed by atoms with Gasteiger partial charge in [-0.3, -0.25) is 4.79 Å². The monoisotopic (exact) mass is 380 g/mol. The van der Waals surface area contributed by atoms with Crippen molar-refractivity contribution in [2.24, 2.45) is 0 Å². The fourth-order valence-corrected chi connectivity index (χ4v) is 3.63. The Balaban J connectivity index is 1.59. The van der Waals surface area contributed by atoms with E-state index >= 15 is 0 Å². The summed E-state index contributed by atoms with van der Waals surface area (Å²) in [6.45, 7) is 5.25. The maximum Gasteiger partial charge on any atom is 0.228 e. The molecule has 4 nitrogen and oxygen atoms in total. The predicted octanol–water partition coefficient (Wildman–Crippen LogP) is 4.72. The van der Waals surface area contributed by atoms with E-state index in [9.17, 15) is 4.79 Å². The highest BCUT2D eigenvalue weighted by atomic mass is 32.1. The third kappa shape index (κ3) is 5.17. The molecule has 140 valence electrons. The molecule has 0 aliphatic carbocycles. The van der Waals surface area contributed by atoms with Crippen LogP contribution >= 0.6 is 11.3 Å². The first kappa shape index (κ1) is 19.1. The first-order chi connectivity index (χ1) is 13.0. The normalized spacial score (nSPS) is 10.6. The maximum atomic E-state index is 12.6. The molecular weight excluding hydrogens is 356 g/mol. The summed E-state index contributed by atoms with van der Waals surface area (Å²) in [6.07, 6.45) is 0.315. The van der Waals surface area contributed by atoms with Crippen molar-refractivity contribution in [2.45, 2.75) is 26.8 Å². The summed E-state index contributed by atoms with van der Waals surface area (Å²) < 4.78 is 5.45. The van der Waals surface area contributed by atoms with Gasteiger partial charge in [0.1, 0.15) is 10.8 Å². The number of aryl methyl sites for hydroxylation is 1. The molecular formula is C22H24N2O2S. The van der Waals surface area contributed by atoms with Crippen LogP contribution in [0.5, 0.6) is 5.75 Å². The van der Waals surface area contributed by atoms with E-state index in [-0.39, 0.29) is 5.91 Å². The average molecular weight is 381 g/mol. The van der Waals surface area contributed by atoms with E-state index < -0.39 is 0 Å². The number of aromatic nitrogens is 1. The molecule has 1 aromatic heterocycles. The Kier molecular flexibility index (Phi) is 6.24. The Morgan fingerprint density at radius 2 is 1.96 bits per heavy atom. The van der Waals surface area contributed by atoms with Crippen LogP contribution in [0.2, 0.25) is 0 Å². The molecule has 0 saturated carbocycles. The van der Waals surface area contributed by atoms with Crippen molar-refractivity contribution in [3.8, 4) is 16.3 Å². The summed E-state index contributed by atoms with van der Waals surface area (Å²) in [5.74, 6) is 0.909. The highest BCUT2D eigenvalue weighted by molar-refractivity contribution is 7.13. The average Bonchev–Trinajstić information content (AvgIpc) is 3.12. The van der Waals surface area contributed by atoms with E-state index in [1.165, 1.54) is 5.56 Å². The van der Waals surface area contributed by atoms with E-state index in [1.807, 2.05) is 49.7 Å². The van der Waals surface area contributed by atoms with Crippen molar-refractivity contribution in [1.82, 2.24) is 9.88 Å². The second-order valence-corrected chi connectivity index (χ2v) is 7.38. The minimum atomic E-state index is 0.0602.